The minimum absolute atomic E-state index is 0. The van der Waals surface area contributed by atoms with E-state index in [-0.39, 0.29) is 36.4 Å². The van der Waals surface area contributed by atoms with E-state index in [1.54, 1.807) is 22.7 Å². The molecule has 8 heteroatoms. The molecule has 1 aliphatic rings. The highest BCUT2D eigenvalue weighted by Gasteiger charge is 2.21. The van der Waals surface area contributed by atoms with Gasteiger partial charge in [0.25, 0.3) is 0 Å². The summed E-state index contributed by atoms with van der Waals surface area (Å²) in [5, 5.41) is 13.0. The second-order valence-corrected chi connectivity index (χ2v) is 8.25. The summed E-state index contributed by atoms with van der Waals surface area (Å²) in [7, 11) is 0. The Morgan fingerprint density at radius 3 is 2.93 bits per heavy atom. The molecule has 1 unspecified atom stereocenters. The molecule has 0 spiro atoms. The van der Waals surface area contributed by atoms with Crippen LogP contribution in [0.5, 0.6) is 0 Å². The van der Waals surface area contributed by atoms with Crippen molar-refractivity contribution >= 4 is 58.5 Å². The van der Waals surface area contributed by atoms with Crippen molar-refractivity contribution in [3.05, 3.63) is 44.3 Å². The average molecular weight is 518 g/mol. The predicted octanol–water partition coefficient (Wildman–Crippen LogP) is 3.67. The van der Waals surface area contributed by atoms with Crippen LogP contribution in [0.1, 0.15) is 35.8 Å². The van der Waals surface area contributed by atoms with Gasteiger partial charge in [0.15, 0.2) is 5.96 Å². The summed E-state index contributed by atoms with van der Waals surface area (Å²) < 4.78 is 0. The number of halogens is 1. The van der Waals surface area contributed by atoms with Gasteiger partial charge in [-0.3, -0.25) is 4.79 Å². The third-order valence-corrected chi connectivity index (χ3v) is 6.29. The Balaban J connectivity index is 0.00000261. The molecule has 0 saturated carbocycles. The molecule has 27 heavy (non-hydrogen) atoms. The molecule has 0 saturated heterocycles. The lowest BCUT2D eigenvalue weighted by Gasteiger charge is -2.26. The van der Waals surface area contributed by atoms with Crippen molar-refractivity contribution in [2.45, 2.75) is 32.7 Å². The highest BCUT2D eigenvalue weighted by Crippen LogP contribution is 2.24. The minimum atomic E-state index is 0. The van der Waals surface area contributed by atoms with Crippen LogP contribution in [0.3, 0.4) is 0 Å². The molecule has 148 valence electrons. The molecular weight excluding hydrogens is 491 g/mol. The van der Waals surface area contributed by atoms with E-state index in [1.165, 1.54) is 16.0 Å². The van der Waals surface area contributed by atoms with Crippen molar-refractivity contribution in [3.8, 4) is 0 Å². The normalized spacial score (nSPS) is 14.9. The van der Waals surface area contributed by atoms with E-state index in [1.807, 2.05) is 11.8 Å². The summed E-state index contributed by atoms with van der Waals surface area (Å²) in [6.07, 6.45) is 0.957. The van der Waals surface area contributed by atoms with Gasteiger partial charge in [-0.1, -0.05) is 6.92 Å². The maximum atomic E-state index is 12.5. The standard InChI is InChI=1S/C19H26N4OS2.HI/c1-3-20-19(21-10-14(2)16-5-8-25-13-16)22-11-18(24)23-7-4-17-15(12-23)6-9-26-17;/h5-6,8-9,13-14H,3-4,7,10-12H2,1-2H3,(H2,20,21,22);1H. The summed E-state index contributed by atoms with van der Waals surface area (Å²) in [5.74, 6) is 1.20. The Labute approximate surface area is 186 Å². The fourth-order valence-electron chi connectivity index (χ4n) is 2.97. The first-order valence-corrected chi connectivity index (χ1v) is 10.9. The smallest absolute Gasteiger partial charge is 0.244 e. The molecule has 0 aliphatic carbocycles. The number of carbonyl (C=O) groups excluding carboxylic acids is 1. The lowest BCUT2D eigenvalue weighted by Crippen LogP contribution is -2.41. The molecule has 1 amide bonds. The quantitative estimate of drug-likeness (QED) is 0.349. The van der Waals surface area contributed by atoms with Gasteiger partial charge >= 0.3 is 0 Å². The van der Waals surface area contributed by atoms with E-state index < -0.39 is 0 Å². The molecule has 2 aromatic rings. The Hall–Kier alpha value is -1.13. The number of hydrogen-bond donors (Lipinski definition) is 2. The lowest BCUT2D eigenvalue weighted by atomic mass is 10.1. The molecule has 1 atom stereocenters. The number of nitrogens with one attached hydrogen (secondary N) is 2. The molecular formula is C19H27IN4OS2. The van der Waals surface area contributed by atoms with E-state index in [4.69, 9.17) is 0 Å². The summed E-state index contributed by atoms with van der Waals surface area (Å²) >= 11 is 3.50. The van der Waals surface area contributed by atoms with E-state index in [9.17, 15) is 4.79 Å². The number of thiophene rings is 2. The van der Waals surface area contributed by atoms with Crippen molar-refractivity contribution in [1.29, 1.82) is 0 Å². The molecule has 0 radical (unpaired) electrons. The van der Waals surface area contributed by atoms with Crippen molar-refractivity contribution in [3.63, 3.8) is 0 Å². The molecule has 5 nitrogen and oxygen atoms in total. The van der Waals surface area contributed by atoms with Gasteiger partial charge in [0.05, 0.1) is 0 Å². The Morgan fingerprint density at radius 1 is 1.33 bits per heavy atom. The first-order valence-electron chi connectivity index (χ1n) is 9.04. The van der Waals surface area contributed by atoms with E-state index in [0.29, 0.717) is 18.4 Å². The molecule has 0 aromatic carbocycles. The van der Waals surface area contributed by atoms with Crippen LogP contribution in [0, 0.1) is 0 Å². The fourth-order valence-corrected chi connectivity index (χ4v) is 4.64. The van der Waals surface area contributed by atoms with Crippen LogP contribution in [0.4, 0.5) is 0 Å². The summed E-state index contributed by atoms with van der Waals surface area (Å²) in [4.78, 5) is 20.4. The van der Waals surface area contributed by atoms with Crippen molar-refractivity contribution < 1.29 is 4.79 Å². The summed E-state index contributed by atoms with van der Waals surface area (Å²) in [5.41, 5.74) is 2.61. The zero-order chi connectivity index (χ0) is 18.4. The highest BCUT2D eigenvalue weighted by molar-refractivity contribution is 14.0. The molecule has 3 rings (SSSR count). The van der Waals surface area contributed by atoms with Crippen LogP contribution >= 0.6 is 46.7 Å². The van der Waals surface area contributed by atoms with Gasteiger partial charge in [-0.15, -0.1) is 35.3 Å². The molecule has 0 bridgehead atoms. The molecule has 0 fully saturated rings. The molecule has 1 aliphatic heterocycles. The van der Waals surface area contributed by atoms with Gasteiger partial charge in [-0.2, -0.15) is 11.3 Å². The lowest BCUT2D eigenvalue weighted by molar-refractivity contribution is -0.130. The minimum Gasteiger partial charge on any atom is -0.357 e. The highest BCUT2D eigenvalue weighted by atomic mass is 127. The van der Waals surface area contributed by atoms with Crippen LogP contribution in [0.25, 0.3) is 0 Å². The summed E-state index contributed by atoms with van der Waals surface area (Å²) in [6.45, 7) is 7.47. The van der Waals surface area contributed by atoms with Crippen LogP contribution in [0.15, 0.2) is 33.3 Å². The van der Waals surface area contributed by atoms with E-state index in [2.05, 4.69) is 50.8 Å². The number of guanidine groups is 1. The van der Waals surface area contributed by atoms with Gasteiger partial charge in [-0.25, -0.2) is 4.99 Å². The van der Waals surface area contributed by atoms with E-state index in [0.717, 1.165) is 26.1 Å². The average Bonchev–Trinajstić information content (AvgIpc) is 3.34. The number of nitrogens with zero attached hydrogens (tertiary/aromatic N) is 2. The van der Waals surface area contributed by atoms with Crippen LogP contribution < -0.4 is 10.6 Å². The second kappa shape index (κ2) is 11.0. The Bertz CT molecular complexity index is 745. The largest absolute Gasteiger partial charge is 0.357 e. The third-order valence-electron chi connectivity index (χ3n) is 4.56. The Morgan fingerprint density at radius 2 is 2.19 bits per heavy atom. The third kappa shape index (κ3) is 6.18. The first-order chi connectivity index (χ1) is 12.7. The van der Waals surface area contributed by atoms with Gasteiger partial charge < -0.3 is 15.5 Å². The van der Waals surface area contributed by atoms with Gasteiger partial charge in [0.1, 0.15) is 6.54 Å². The zero-order valence-electron chi connectivity index (χ0n) is 15.7. The maximum absolute atomic E-state index is 12.5. The van der Waals surface area contributed by atoms with Crippen molar-refractivity contribution in [2.75, 3.05) is 26.2 Å². The van der Waals surface area contributed by atoms with Crippen molar-refractivity contribution in [2.24, 2.45) is 4.99 Å². The molecule has 2 aromatic heterocycles. The van der Waals surface area contributed by atoms with E-state index >= 15 is 0 Å². The van der Waals surface area contributed by atoms with Gasteiger partial charge in [-0.05, 0) is 58.7 Å². The number of amides is 1. The number of carbonyl (C=O) groups is 1. The predicted molar refractivity (Wildman–Crippen MR) is 126 cm³/mol. The van der Waals surface area contributed by atoms with Crippen LogP contribution in [0.2, 0.25) is 0 Å². The Kier molecular flexibility index (Phi) is 9.04. The van der Waals surface area contributed by atoms with Gasteiger partial charge in [0, 0.05) is 31.1 Å². The van der Waals surface area contributed by atoms with Crippen LogP contribution in [-0.2, 0) is 17.8 Å². The fraction of sp³-hybridized carbons (Fsp3) is 0.474. The maximum Gasteiger partial charge on any atom is 0.244 e. The second-order valence-electron chi connectivity index (χ2n) is 6.47. The first kappa shape index (κ1) is 22.2. The van der Waals surface area contributed by atoms with Gasteiger partial charge in [0.2, 0.25) is 5.91 Å². The topological polar surface area (TPSA) is 56.7 Å². The number of hydrogen-bond acceptors (Lipinski definition) is 4. The van der Waals surface area contributed by atoms with Crippen molar-refractivity contribution in [1.82, 2.24) is 15.5 Å². The molecule has 3 heterocycles. The molecule has 2 N–H and O–H groups in total. The number of aliphatic imine (C=N–C) groups is 1. The summed E-state index contributed by atoms with van der Waals surface area (Å²) in [6, 6.07) is 4.28. The zero-order valence-corrected chi connectivity index (χ0v) is 19.7. The number of fused-ring (bicyclic) bond motifs is 1. The SMILES string of the molecule is CCNC(=NCC(=O)N1CCc2sccc2C1)NCC(C)c1ccsc1.I. The monoisotopic (exact) mass is 518 g/mol. The number of rotatable bonds is 6. The van der Waals surface area contributed by atoms with Crippen LogP contribution in [-0.4, -0.2) is 42.9 Å².